The van der Waals surface area contributed by atoms with Crippen molar-refractivity contribution in [2.24, 2.45) is 11.3 Å². The van der Waals surface area contributed by atoms with Crippen molar-refractivity contribution < 1.29 is 4.79 Å². The molecule has 0 radical (unpaired) electrons. The van der Waals surface area contributed by atoms with E-state index in [1.165, 1.54) is 0 Å². The van der Waals surface area contributed by atoms with Crippen molar-refractivity contribution in [3.8, 4) is 5.82 Å². The quantitative estimate of drug-likeness (QED) is 0.895. The lowest BCUT2D eigenvalue weighted by Gasteiger charge is -2.23. The Balaban J connectivity index is 1.33. The fourth-order valence-electron chi connectivity index (χ4n) is 3.79. The van der Waals surface area contributed by atoms with Crippen LogP contribution in [0.15, 0.2) is 30.7 Å². The van der Waals surface area contributed by atoms with Gasteiger partial charge in [-0.3, -0.25) is 9.36 Å². The molecule has 1 amide bonds. The van der Waals surface area contributed by atoms with Crippen LogP contribution in [0.4, 0.5) is 0 Å². The minimum atomic E-state index is 0.200. The lowest BCUT2D eigenvalue weighted by molar-refractivity contribution is -0.123. The third-order valence-corrected chi connectivity index (χ3v) is 5.45. The first-order chi connectivity index (χ1) is 11.7. The van der Waals surface area contributed by atoms with Crippen molar-refractivity contribution in [2.75, 3.05) is 13.1 Å². The summed E-state index contributed by atoms with van der Waals surface area (Å²) in [7, 11) is 0. The van der Waals surface area contributed by atoms with Gasteiger partial charge in [0.05, 0.1) is 0 Å². The SMILES string of the molecule is Cc1nccn1-c1ccc(CNC(=O)C2CC23CCNCC3)cn1. The Kier molecular flexibility index (Phi) is 3.84. The van der Waals surface area contributed by atoms with Crippen LogP contribution in [0.25, 0.3) is 5.82 Å². The number of hydrogen-bond donors (Lipinski definition) is 2. The van der Waals surface area contributed by atoms with Crippen LogP contribution in [0.1, 0.15) is 30.7 Å². The van der Waals surface area contributed by atoms with Crippen LogP contribution in [0.3, 0.4) is 0 Å². The van der Waals surface area contributed by atoms with Gasteiger partial charge in [0.1, 0.15) is 11.6 Å². The normalized spacial score (nSPS) is 21.6. The highest BCUT2D eigenvalue weighted by Gasteiger charge is 2.57. The van der Waals surface area contributed by atoms with Gasteiger partial charge < -0.3 is 10.6 Å². The van der Waals surface area contributed by atoms with Crippen molar-refractivity contribution in [1.82, 2.24) is 25.2 Å². The van der Waals surface area contributed by atoms with Gasteiger partial charge in [0.2, 0.25) is 5.91 Å². The number of amides is 1. The van der Waals surface area contributed by atoms with Gasteiger partial charge >= 0.3 is 0 Å². The monoisotopic (exact) mass is 325 g/mol. The number of imidazole rings is 1. The molecule has 2 aromatic rings. The number of aromatic nitrogens is 3. The zero-order valence-corrected chi connectivity index (χ0v) is 14.0. The Morgan fingerprint density at radius 2 is 2.21 bits per heavy atom. The van der Waals surface area contributed by atoms with Crippen molar-refractivity contribution in [1.29, 1.82) is 0 Å². The molecule has 2 fully saturated rings. The standard InChI is InChI=1S/C18H23N5O/c1-13-20-8-9-23(13)16-3-2-14(11-21-16)12-22-17(24)15-10-18(15)4-6-19-7-5-18/h2-3,8-9,11,15,19H,4-7,10,12H2,1H3,(H,22,24). The lowest BCUT2D eigenvalue weighted by atomic mass is 9.92. The molecular weight excluding hydrogens is 302 g/mol. The van der Waals surface area contributed by atoms with Gasteiger partial charge in [0.25, 0.3) is 0 Å². The van der Waals surface area contributed by atoms with E-state index < -0.39 is 0 Å². The van der Waals surface area contributed by atoms with Gasteiger partial charge in [0, 0.05) is 31.1 Å². The number of nitrogens with one attached hydrogen (secondary N) is 2. The molecule has 4 rings (SSSR count). The summed E-state index contributed by atoms with van der Waals surface area (Å²) >= 11 is 0. The largest absolute Gasteiger partial charge is 0.352 e. The number of carbonyl (C=O) groups is 1. The van der Waals surface area contributed by atoms with E-state index in [2.05, 4.69) is 20.6 Å². The topological polar surface area (TPSA) is 71.8 Å². The maximum Gasteiger partial charge on any atom is 0.223 e. The molecule has 1 spiro atoms. The van der Waals surface area contributed by atoms with E-state index in [9.17, 15) is 4.79 Å². The molecule has 0 bridgehead atoms. The molecule has 2 aromatic heterocycles. The highest BCUT2D eigenvalue weighted by atomic mass is 16.2. The molecule has 24 heavy (non-hydrogen) atoms. The van der Waals surface area contributed by atoms with Crippen molar-refractivity contribution >= 4 is 5.91 Å². The zero-order valence-electron chi connectivity index (χ0n) is 14.0. The molecule has 1 saturated carbocycles. The first-order valence-electron chi connectivity index (χ1n) is 8.62. The molecule has 1 aliphatic heterocycles. The maximum absolute atomic E-state index is 12.4. The maximum atomic E-state index is 12.4. The second-order valence-electron chi connectivity index (χ2n) is 6.96. The third-order valence-electron chi connectivity index (χ3n) is 5.45. The highest BCUT2D eigenvalue weighted by molar-refractivity contribution is 5.82. The van der Waals surface area contributed by atoms with Crippen LogP contribution >= 0.6 is 0 Å². The number of nitrogens with zero attached hydrogens (tertiary/aromatic N) is 3. The molecule has 6 heteroatoms. The number of hydrogen-bond acceptors (Lipinski definition) is 4. The molecule has 0 aromatic carbocycles. The summed E-state index contributed by atoms with van der Waals surface area (Å²) < 4.78 is 1.94. The number of rotatable bonds is 4. The summed E-state index contributed by atoms with van der Waals surface area (Å²) in [5.74, 6) is 2.16. The fraction of sp³-hybridized carbons (Fsp3) is 0.500. The van der Waals surface area contributed by atoms with E-state index in [1.807, 2.05) is 36.0 Å². The van der Waals surface area contributed by atoms with Gasteiger partial charge in [0.15, 0.2) is 0 Å². The summed E-state index contributed by atoms with van der Waals surface area (Å²) in [6, 6.07) is 3.97. The first-order valence-corrected chi connectivity index (χ1v) is 8.62. The van der Waals surface area contributed by atoms with Crippen LogP contribution in [0.5, 0.6) is 0 Å². The Hall–Kier alpha value is -2.21. The molecular formula is C18H23N5O. The molecule has 2 aliphatic rings. The summed E-state index contributed by atoms with van der Waals surface area (Å²) in [6.07, 6.45) is 8.79. The Bertz CT molecular complexity index is 730. The average molecular weight is 325 g/mol. The number of aryl methyl sites for hydroxylation is 1. The van der Waals surface area contributed by atoms with Crippen LogP contribution in [0.2, 0.25) is 0 Å². The van der Waals surface area contributed by atoms with E-state index in [0.717, 1.165) is 49.6 Å². The summed E-state index contributed by atoms with van der Waals surface area (Å²) in [5, 5.41) is 6.45. The Morgan fingerprint density at radius 3 is 2.88 bits per heavy atom. The number of pyridine rings is 1. The molecule has 3 heterocycles. The van der Waals surface area contributed by atoms with Crippen LogP contribution in [-0.4, -0.2) is 33.5 Å². The Labute approximate surface area is 141 Å². The summed E-state index contributed by atoms with van der Waals surface area (Å²) in [6.45, 7) is 4.58. The Morgan fingerprint density at radius 1 is 1.38 bits per heavy atom. The summed E-state index contributed by atoms with van der Waals surface area (Å²) in [5.41, 5.74) is 1.31. The molecule has 6 nitrogen and oxygen atoms in total. The zero-order chi connectivity index (χ0) is 16.6. The predicted octanol–water partition coefficient (Wildman–Crippen LogP) is 1.58. The van der Waals surface area contributed by atoms with Gasteiger partial charge in [-0.25, -0.2) is 9.97 Å². The van der Waals surface area contributed by atoms with Crippen molar-refractivity contribution in [2.45, 2.75) is 32.7 Å². The number of piperidine rings is 1. The smallest absolute Gasteiger partial charge is 0.223 e. The van der Waals surface area contributed by atoms with Crippen molar-refractivity contribution in [3.05, 3.63) is 42.1 Å². The lowest BCUT2D eigenvalue weighted by Crippen LogP contribution is -2.33. The van der Waals surface area contributed by atoms with Crippen LogP contribution in [0, 0.1) is 18.3 Å². The minimum Gasteiger partial charge on any atom is -0.352 e. The van der Waals surface area contributed by atoms with Gasteiger partial charge in [-0.2, -0.15) is 0 Å². The third kappa shape index (κ3) is 2.82. The molecule has 1 aliphatic carbocycles. The first kappa shape index (κ1) is 15.3. The number of carbonyl (C=O) groups excluding carboxylic acids is 1. The van der Waals surface area contributed by atoms with E-state index in [0.29, 0.717) is 6.54 Å². The second-order valence-corrected chi connectivity index (χ2v) is 6.96. The van der Waals surface area contributed by atoms with Crippen molar-refractivity contribution in [3.63, 3.8) is 0 Å². The van der Waals surface area contributed by atoms with E-state index in [1.54, 1.807) is 6.20 Å². The van der Waals surface area contributed by atoms with Crippen LogP contribution in [-0.2, 0) is 11.3 Å². The second kappa shape index (κ2) is 6.02. The molecule has 1 unspecified atom stereocenters. The molecule has 126 valence electrons. The van der Waals surface area contributed by atoms with E-state index >= 15 is 0 Å². The predicted molar refractivity (Wildman–Crippen MR) is 90.6 cm³/mol. The molecule has 1 atom stereocenters. The highest BCUT2D eigenvalue weighted by Crippen LogP contribution is 2.58. The average Bonchev–Trinajstić information content (AvgIpc) is 3.12. The molecule has 1 saturated heterocycles. The van der Waals surface area contributed by atoms with Gasteiger partial charge in [-0.1, -0.05) is 6.07 Å². The minimum absolute atomic E-state index is 0.200. The summed E-state index contributed by atoms with van der Waals surface area (Å²) in [4.78, 5) is 21.1. The van der Waals surface area contributed by atoms with E-state index in [4.69, 9.17) is 0 Å². The van der Waals surface area contributed by atoms with Gasteiger partial charge in [-0.15, -0.1) is 0 Å². The fourth-order valence-corrected chi connectivity index (χ4v) is 3.79. The molecule has 2 N–H and O–H groups in total. The van der Waals surface area contributed by atoms with Gasteiger partial charge in [-0.05, 0) is 56.3 Å². The van der Waals surface area contributed by atoms with E-state index in [-0.39, 0.29) is 17.2 Å². The van der Waals surface area contributed by atoms with Crippen LogP contribution < -0.4 is 10.6 Å².